The second-order valence-electron chi connectivity index (χ2n) is 8.64. The molecule has 0 unspecified atom stereocenters. The van der Waals surface area contributed by atoms with E-state index in [4.69, 9.17) is 0 Å². The van der Waals surface area contributed by atoms with Crippen LogP contribution in [0, 0.1) is 6.92 Å². The van der Waals surface area contributed by atoms with Crippen molar-refractivity contribution in [3.63, 3.8) is 0 Å². The van der Waals surface area contributed by atoms with Gasteiger partial charge in [0.1, 0.15) is 11.5 Å². The van der Waals surface area contributed by atoms with Gasteiger partial charge in [0.15, 0.2) is 0 Å². The zero-order chi connectivity index (χ0) is 24.7. The molecule has 10 nitrogen and oxygen atoms in total. The molecule has 0 aliphatic carbocycles. The number of nitrogens with zero attached hydrogens (tertiary/aromatic N) is 5. The summed E-state index contributed by atoms with van der Waals surface area (Å²) in [7, 11) is 1.65. The molecule has 2 aliphatic heterocycles. The van der Waals surface area contributed by atoms with Crippen molar-refractivity contribution in [3.05, 3.63) is 27.4 Å². The van der Waals surface area contributed by atoms with E-state index in [0.717, 1.165) is 37.4 Å². The number of hydrogen-bond donors (Lipinski definition) is 3. The minimum atomic E-state index is -0.685. The van der Waals surface area contributed by atoms with Gasteiger partial charge in [0.25, 0.3) is 5.91 Å². The van der Waals surface area contributed by atoms with E-state index >= 15 is 0 Å². The predicted molar refractivity (Wildman–Crippen MR) is 134 cm³/mol. The van der Waals surface area contributed by atoms with E-state index in [9.17, 15) is 14.7 Å². The fraction of sp³-hybridized carbons (Fsp3) is 0.609. The fourth-order valence-electron chi connectivity index (χ4n) is 4.20. The van der Waals surface area contributed by atoms with E-state index in [0.29, 0.717) is 31.2 Å². The molecule has 11 heteroatoms. The average Bonchev–Trinajstić information content (AvgIpc) is 3.19. The second-order valence-corrected chi connectivity index (χ2v) is 9.93. The second kappa shape index (κ2) is 12.2. The van der Waals surface area contributed by atoms with Gasteiger partial charge in [0, 0.05) is 70.6 Å². The van der Waals surface area contributed by atoms with Crippen molar-refractivity contribution in [1.82, 2.24) is 25.4 Å². The lowest BCUT2D eigenvalue weighted by Crippen LogP contribution is -2.43. The molecule has 2 amide bonds. The minimum absolute atomic E-state index is 0.0303. The van der Waals surface area contributed by atoms with Crippen LogP contribution in [-0.2, 0) is 22.6 Å². The van der Waals surface area contributed by atoms with Crippen LogP contribution >= 0.6 is 11.3 Å². The van der Waals surface area contributed by atoms with E-state index in [1.807, 2.05) is 11.8 Å². The molecule has 1 fully saturated rings. The van der Waals surface area contributed by atoms with Crippen molar-refractivity contribution in [2.45, 2.75) is 51.8 Å². The molecular weight excluding hydrogens is 454 g/mol. The maximum Gasteiger partial charge on any atom is 0.267 e. The summed E-state index contributed by atoms with van der Waals surface area (Å²) in [5, 5.41) is 17.2. The van der Waals surface area contributed by atoms with Crippen LogP contribution in [0.4, 0.5) is 0 Å². The highest BCUT2D eigenvalue weighted by Gasteiger charge is 2.23. The van der Waals surface area contributed by atoms with Gasteiger partial charge in [-0.2, -0.15) is 0 Å². The van der Waals surface area contributed by atoms with Gasteiger partial charge in [0.2, 0.25) is 5.91 Å². The normalized spacial score (nSPS) is 18.9. The third-order valence-corrected chi connectivity index (χ3v) is 7.06. The number of aliphatic hydroxyl groups is 1. The zero-order valence-electron chi connectivity index (χ0n) is 20.2. The molecule has 3 rings (SSSR count). The predicted octanol–water partition coefficient (Wildman–Crippen LogP) is 0.500. The topological polar surface area (TPSA) is 123 Å². The summed E-state index contributed by atoms with van der Waals surface area (Å²) >= 11 is 1.71. The fourth-order valence-corrected chi connectivity index (χ4v) is 5.23. The number of thiazole rings is 1. The van der Waals surface area contributed by atoms with Crippen LogP contribution in [-0.4, -0.2) is 96.2 Å². The molecule has 0 aromatic carbocycles. The molecule has 186 valence electrons. The van der Waals surface area contributed by atoms with Crippen LogP contribution in [0.3, 0.4) is 0 Å². The zero-order valence-corrected chi connectivity index (χ0v) is 21.0. The van der Waals surface area contributed by atoms with E-state index in [-0.39, 0.29) is 24.4 Å². The van der Waals surface area contributed by atoms with Crippen molar-refractivity contribution in [1.29, 1.82) is 0 Å². The van der Waals surface area contributed by atoms with Crippen molar-refractivity contribution < 1.29 is 14.7 Å². The number of carbonyl (C=O) groups excluding carboxylic acids is 2. The lowest BCUT2D eigenvalue weighted by Gasteiger charge is -2.29. The SMILES string of the molecule is C=NC(C=C(NC)C(=O)NC[C@H](O)CN1CCc2nc(C)sc2C1)=NC1CCN(C(C)=O)CC1. The Balaban J connectivity index is 1.50. The summed E-state index contributed by atoms with van der Waals surface area (Å²) in [5.74, 6) is 0.0954. The highest BCUT2D eigenvalue weighted by molar-refractivity contribution is 7.11. The molecule has 0 saturated carbocycles. The van der Waals surface area contributed by atoms with Crippen LogP contribution in [0.25, 0.3) is 0 Å². The third kappa shape index (κ3) is 7.18. The molecular formula is C23H35N7O3S. The number of fused-ring (bicyclic) bond motifs is 1. The first-order valence-corrected chi connectivity index (χ1v) is 12.4. The number of amidine groups is 1. The van der Waals surface area contributed by atoms with Crippen molar-refractivity contribution in [2.75, 3.05) is 39.8 Å². The van der Waals surface area contributed by atoms with E-state index < -0.39 is 6.10 Å². The lowest BCUT2D eigenvalue weighted by molar-refractivity contribution is -0.129. The van der Waals surface area contributed by atoms with Gasteiger partial charge in [-0.05, 0) is 26.5 Å². The number of piperidine rings is 1. The van der Waals surface area contributed by atoms with Gasteiger partial charge >= 0.3 is 0 Å². The summed E-state index contributed by atoms with van der Waals surface area (Å²) in [5.41, 5.74) is 1.46. The van der Waals surface area contributed by atoms with Crippen LogP contribution in [0.15, 0.2) is 21.8 Å². The Morgan fingerprint density at radius 2 is 2.09 bits per heavy atom. The summed E-state index contributed by atoms with van der Waals surface area (Å²) in [6.07, 6.45) is 3.26. The van der Waals surface area contributed by atoms with Gasteiger partial charge in [-0.1, -0.05) is 0 Å². The summed E-state index contributed by atoms with van der Waals surface area (Å²) in [4.78, 5) is 42.5. The molecule has 2 aliphatic rings. The molecule has 3 heterocycles. The Bertz CT molecular complexity index is 950. The summed E-state index contributed by atoms with van der Waals surface area (Å²) in [6.45, 7) is 10.7. The van der Waals surface area contributed by atoms with Crippen molar-refractivity contribution in [2.24, 2.45) is 9.98 Å². The molecule has 1 aromatic heterocycles. The number of β-amino-alcohol motifs (C(OH)–C–C–N with tert-alkyl or cyclic N) is 1. The number of aliphatic hydroxyl groups excluding tert-OH is 1. The average molecular weight is 490 g/mol. The highest BCUT2D eigenvalue weighted by atomic mass is 32.1. The molecule has 0 spiro atoms. The number of aryl methyl sites for hydroxylation is 1. The number of aliphatic imine (C=N–C) groups is 2. The summed E-state index contributed by atoms with van der Waals surface area (Å²) in [6, 6.07) is 0.0303. The first kappa shape index (κ1) is 26.0. The Kier molecular flexibility index (Phi) is 9.31. The molecule has 3 N–H and O–H groups in total. The van der Waals surface area contributed by atoms with E-state index in [1.54, 1.807) is 31.4 Å². The quantitative estimate of drug-likeness (QED) is 0.278. The first-order chi connectivity index (χ1) is 16.3. The summed E-state index contributed by atoms with van der Waals surface area (Å²) < 4.78 is 0. The van der Waals surface area contributed by atoms with Crippen LogP contribution in [0.1, 0.15) is 35.3 Å². The lowest BCUT2D eigenvalue weighted by atomic mass is 10.1. The smallest absolute Gasteiger partial charge is 0.267 e. The molecule has 0 radical (unpaired) electrons. The van der Waals surface area contributed by atoms with Gasteiger partial charge in [-0.15, -0.1) is 11.3 Å². The Hall–Kier alpha value is -2.63. The number of rotatable bonds is 8. The van der Waals surface area contributed by atoms with Gasteiger partial charge < -0.3 is 20.6 Å². The first-order valence-electron chi connectivity index (χ1n) is 11.6. The van der Waals surface area contributed by atoms with E-state index in [1.165, 1.54) is 10.6 Å². The number of nitrogens with one attached hydrogen (secondary N) is 2. The minimum Gasteiger partial charge on any atom is -0.390 e. The highest BCUT2D eigenvalue weighted by Crippen LogP contribution is 2.24. The number of carbonyl (C=O) groups is 2. The maximum atomic E-state index is 12.7. The maximum absolute atomic E-state index is 12.7. The molecule has 1 saturated heterocycles. The number of likely N-dealkylation sites (tertiary alicyclic amines) is 1. The van der Waals surface area contributed by atoms with Gasteiger partial charge in [-0.25, -0.2) is 9.98 Å². The third-order valence-electron chi connectivity index (χ3n) is 6.06. The van der Waals surface area contributed by atoms with Crippen LogP contribution in [0.2, 0.25) is 0 Å². The van der Waals surface area contributed by atoms with Crippen LogP contribution < -0.4 is 10.6 Å². The number of likely N-dealkylation sites (N-methyl/N-ethyl adjacent to an activating group) is 1. The molecule has 1 aromatic rings. The standard InChI is InChI=1S/C23H35N7O3S/c1-15-27-19-7-8-29(14-21(19)34-15)13-18(32)12-26-23(33)20(24-3)11-22(25-4)28-17-5-9-30(10-6-17)16(2)31/h11,17-18,24,32H,4-10,12-14H2,1-3H3,(H,26,33)/t18-/m0/s1. The molecule has 1 atom stereocenters. The Labute approximate surface area is 204 Å². The van der Waals surface area contributed by atoms with Crippen LogP contribution in [0.5, 0.6) is 0 Å². The number of hydrogen-bond acceptors (Lipinski definition) is 8. The molecule has 34 heavy (non-hydrogen) atoms. The monoisotopic (exact) mass is 489 g/mol. The Morgan fingerprint density at radius 3 is 2.74 bits per heavy atom. The molecule has 0 bridgehead atoms. The Morgan fingerprint density at radius 1 is 1.35 bits per heavy atom. The van der Waals surface area contributed by atoms with E-state index in [2.05, 4.69) is 37.2 Å². The van der Waals surface area contributed by atoms with Crippen molar-refractivity contribution in [3.8, 4) is 0 Å². The number of amides is 2. The van der Waals surface area contributed by atoms with Gasteiger partial charge in [0.05, 0.1) is 22.8 Å². The number of aromatic nitrogens is 1. The largest absolute Gasteiger partial charge is 0.390 e. The van der Waals surface area contributed by atoms with Gasteiger partial charge in [-0.3, -0.25) is 19.5 Å². The van der Waals surface area contributed by atoms with Crippen molar-refractivity contribution >= 4 is 35.7 Å².